The van der Waals surface area contributed by atoms with Crippen LogP contribution in [0.2, 0.25) is 0 Å². The number of likely N-dealkylation sites (tertiary alicyclic amines) is 1. The van der Waals surface area contributed by atoms with Crippen LogP contribution in [0.3, 0.4) is 0 Å². The Labute approximate surface area is 200 Å². The van der Waals surface area contributed by atoms with Gasteiger partial charge in [-0.05, 0) is 75.9 Å². The molecule has 0 radical (unpaired) electrons. The molecule has 1 aliphatic rings. The van der Waals surface area contributed by atoms with E-state index in [1.54, 1.807) is 31.2 Å². The standard InChI is InChI=1S/C25H31FN4O3S/c1-18-7-11-22(12-8-18)34(31,32)27-16-20-5-3-13-30(17-20)14-4-6-24-28-25(29-33-24)21-10-9-19(2)23(26)15-21/h7-12,15,20,27H,3-6,13-14,16-17H2,1-2H3. The zero-order valence-corrected chi connectivity index (χ0v) is 20.4. The third kappa shape index (κ3) is 6.28. The van der Waals surface area contributed by atoms with Crippen LogP contribution in [0.5, 0.6) is 0 Å². The summed E-state index contributed by atoms with van der Waals surface area (Å²) in [4.78, 5) is 7.07. The summed E-state index contributed by atoms with van der Waals surface area (Å²) in [5, 5.41) is 3.98. The Morgan fingerprint density at radius 1 is 1.18 bits per heavy atom. The maximum Gasteiger partial charge on any atom is 0.240 e. The Hall–Kier alpha value is -2.62. The number of hydrogen-bond acceptors (Lipinski definition) is 6. The molecule has 0 bridgehead atoms. The SMILES string of the molecule is Cc1ccc(S(=O)(=O)NCC2CCCN(CCCc3nc(-c4ccc(C)c(F)c4)no3)C2)cc1. The molecule has 0 amide bonds. The first kappa shape index (κ1) is 24.5. The van der Waals surface area contributed by atoms with Gasteiger partial charge in [-0.3, -0.25) is 0 Å². The molecule has 2 heterocycles. The van der Waals surface area contributed by atoms with E-state index in [1.807, 2.05) is 19.1 Å². The molecule has 1 atom stereocenters. The molecule has 4 rings (SSSR count). The highest BCUT2D eigenvalue weighted by Crippen LogP contribution is 2.20. The van der Waals surface area contributed by atoms with Crippen LogP contribution in [0, 0.1) is 25.6 Å². The Kier molecular flexibility index (Phi) is 7.75. The zero-order valence-electron chi connectivity index (χ0n) is 19.6. The van der Waals surface area contributed by atoms with Crippen LogP contribution in [-0.2, 0) is 16.4 Å². The van der Waals surface area contributed by atoms with Crippen molar-refractivity contribution < 1.29 is 17.3 Å². The molecule has 0 spiro atoms. The molecule has 1 saturated heterocycles. The van der Waals surface area contributed by atoms with Gasteiger partial charge in [-0.1, -0.05) is 35.0 Å². The van der Waals surface area contributed by atoms with Crippen LogP contribution in [0.4, 0.5) is 4.39 Å². The molecule has 9 heteroatoms. The highest BCUT2D eigenvalue weighted by Gasteiger charge is 2.22. The molecular weight excluding hydrogens is 455 g/mol. The monoisotopic (exact) mass is 486 g/mol. The number of hydrogen-bond donors (Lipinski definition) is 1. The Morgan fingerprint density at radius 3 is 2.74 bits per heavy atom. The van der Waals surface area contributed by atoms with E-state index in [1.165, 1.54) is 6.07 Å². The summed E-state index contributed by atoms with van der Waals surface area (Å²) in [7, 11) is -3.49. The lowest BCUT2D eigenvalue weighted by atomic mass is 9.98. The predicted molar refractivity (Wildman–Crippen MR) is 128 cm³/mol. The number of rotatable bonds is 9. The number of nitrogens with zero attached hydrogens (tertiary/aromatic N) is 3. The van der Waals surface area contributed by atoms with Crippen molar-refractivity contribution in [3.8, 4) is 11.4 Å². The van der Waals surface area contributed by atoms with E-state index < -0.39 is 10.0 Å². The number of piperidine rings is 1. The number of aromatic nitrogens is 2. The quantitative estimate of drug-likeness (QED) is 0.490. The third-order valence-corrected chi connectivity index (χ3v) is 7.70. The highest BCUT2D eigenvalue weighted by atomic mass is 32.2. The first-order valence-corrected chi connectivity index (χ1v) is 13.2. The minimum atomic E-state index is -3.49. The summed E-state index contributed by atoms with van der Waals surface area (Å²) in [6.07, 6.45) is 3.54. The highest BCUT2D eigenvalue weighted by molar-refractivity contribution is 7.89. The van der Waals surface area contributed by atoms with Gasteiger partial charge in [0.15, 0.2) is 0 Å². The Balaban J connectivity index is 1.23. The van der Waals surface area contributed by atoms with Gasteiger partial charge in [-0.25, -0.2) is 17.5 Å². The van der Waals surface area contributed by atoms with Crippen LogP contribution in [0.25, 0.3) is 11.4 Å². The molecule has 1 unspecified atom stereocenters. The summed E-state index contributed by atoms with van der Waals surface area (Å²) in [6.45, 7) is 6.81. The van der Waals surface area contributed by atoms with Crippen LogP contribution < -0.4 is 4.72 Å². The van der Waals surface area contributed by atoms with Gasteiger partial charge >= 0.3 is 0 Å². The normalized spacial score (nSPS) is 17.2. The minimum Gasteiger partial charge on any atom is -0.339 e. The summed E-state index contributed by atoms with van der Waals surface area (Å²) in [5.41, 5.74) is 2.21. The van der Waals surface area contributed by atoms with Crippen molar-refractivity contribution >= 4 is 10.0 Å². The van der Waals surface area contributed by atoms with Crippen molar-refractivity contribution in [2.45, 2.75) is 44.4 Å². The van der Waals surface area contributed by atoms with Crippen molar-refractivity contribution in [1.29, 1.82) is 0 Å². The van der Waals surface area contributed by atoms with Crippen molar-refractivity contribution in [2.75, 3.05) is 26.2 Å². The fourth-order valence-corrected chi connectivity index (χ4v) is 5.32. The van der Waals surface area contributed by atoms with Gasteiger partial charge < -0.3 is 9.42 Å². The molecular formula is C25H31FN4O3S. The molecule has 0 aliphatic carbocycles. The number of sulfonamides is 1. The Morgan fingerprint density at radius 2 is 1.97 bits per heavy atom. The summed E-state index contributed by atoms with van der Waals surface area (Å²) in [6, 6.07) is 11.8. The molecule has 1 aliphatic heterocycles. The predicted octanol–water partition coefficient (Wildman–Crippen LogP) is 4.12. The van der Waals surface area contributed by atoms with E-state index in [2.05, 4.69) is 19.8 Å². The maximum atomic E-state index is 13.8. The second kappa shape index (κ2) is 10.8. The molecule has 3 aromatic rings. The first-order chi connectivity index (χ1) is 16.3. The first-order valence-electron chi connectivity index (χ1n) is 11.7. The average molecular weight is 487 g/mol. The van der Waals surface area contributed by atoms with Crippen LogP contribution in [0.1, 0.15) is 36.3 Å². The van der Waals surface area contributed by atoms with E-state index in [0.717, 1.165) is 44.5 Å². The van der Waals surface area contributed by atoms with Gasteiger partial charge in [0.25, 0.3) is 0 Å². The zero-order chi connectivity index (χ0) is 24.1. The topological polar surface area (TPSA) is 88.3 Å². The minimum absolute atomic E-state index is 0.278. The lowest BCUT2D eigenvalue weighted by Crippen LogP contribution is -2.41. The fourth-order valence-electron chi connectivity index (χ4n) is 4.21. The van der Waals surface area contributed by atoms with Gasteiger partial charge in [0.2, 0.25) is 21.7 Å². The summed E-state index contributed by atoms with van der Waals surface area (Å²) < 4.78 is 47.1. The van der Waals surface area contributed by atoms with Gasteiger partial charge in [-0.15, -0.1) is 0 Å². The van der Waals surface area contributed by atoms with Crippen molar-refractivity contribution in [3.05, 3.63) is 65.3 Å². The fraction of sp³-hybridized carbons (Fsp3) is 0.440. The molecule has 34 heavy (non-hydrogen) atoms. The largest absolute Gasteiger partial charge is 0.339 e. The molecule has 0 saturated carbocycles. The van der Waals surface area contributed by atoms with Gasteiger partial charge in [-0.2, -0.15) is 4.98 Å². The summed E-state index contributed by atoms with van der Waals surface area (Å²) >= 11 is 0. The molecule has 182 valence electrons. The number of nitrogens with one attached hydrogen (secondary N) is 1. The van der Waals surface area contributed by atoms with Gasteiger partial charge in [0, 0.05) is 25.1 Å². The lowest BCUT2D eigenvalue weighted by Gasteiger charge is -2.32. The van der Waals surface area contributed by atoms with Crippen LogP contribution >= 0.6 is 0 Å². The van der Waals surface area contributed by atoms with Crippen molar-refractivity contribution in [3.63, 3.8) is 0 Å². The third-order valence-electron chi connectivity index (χ3n) is 6.26. The smallest absolute Gasteiger partial charge is 0.240 e. The van der Waals surface area contributed by atoms with E-state index in [9.17, 15) is 12.8 Å². The van der Waals surface area contributed by atoms with Crippen LogP contribution in [0.15, 0.2) is 51.9 Å². The van der Waals surface area contributed by atoms with E-state index >= 15 is 0 Å². The van der Waals surface area contributed by atoms with Crippen molar-refractivity contribution in [1.82, 2.24) is 19.8 Å². The molecule has 1 aromatic heterocycles. The lowest BCUT2D eigenvalue weighted by molar-refractivity contribution is 0.173. The number of halogens is 1. The second-order valence-electron chi connectivity index (χ2n) is 9.05. The second-order valence-corrected chi connectivity index (χ2v) is 10.8. The van der Waals surface area contributed by atoms with Crippen molar-refractivity contribution in [2.24, 2.45) is 5.92 Å². The van der Waals surface area contributed by atoms with Crippen LogP contribution in [-0.4, -0.2) is 49.6 Å². The van der Waals surface area contributed by atoms with E-state index in [0.29, 0.717) is 40.7 Å². The average Bonchev–Trinajstić information content (AvgIpc) is 3.29. The van der Waals surface area contributed by atoms with Gasteiger partial charge in [0.05, 0.1) is 4.90 Å². The molecule has 1 N–H and O–H groups in total. The van der Waals surface area contributed by atoms with E-state index in [-0.39, 0.29) is 11.7 Å². The number of aryl methyl sites for hydroxylation is 3. The molecule has 1 fully saturated rings. The van der Waals surface area contributed by atoms with E-state index in [4.69, 9.17) is 4.52 Å². The molecule has 7 nitrogen and oxygen atoms in total. The number of benzene rings is 2. The van der Waals surface area contributed by atoms with Gasteiger partial charge in [0.1, 0.15) is 5.82 Å². The maximum absolute atomic E-state index is 13.8. The molecule has 2 aromatic carbocycles. The summed E-state index contributed by atoms with van der Waals surface area (Å²) in [5.74, 6) is 0.924. The Bertz CT molecular complexity index is 1210.